The Morgan fingerprint density at radius 1 is 1.43 bits per heavy atom. The molecule has 0 bridgehead atoms. The Labute approximate surface area is 130 Å². The number of aromatic nitrogens is 3. The third-order valence-corrected chi connectivity index (χ3v) is 4.62. The topological polar surface area (TPSA) is 56.5 Å². The van der Waals surface area contributed by atoms with Gasteiger partial charge in [-0.15, -0.1) is 21.5 Å². The van der Waals surface area contributed by atoms with Gasteiger partial charge in [0.15, 0.2) is 11.5 Å². The summed E-state index contributed by atoms with van der Waals surface area (Å²) in [4.78, 5) is 13.9. The second kappa shape index (κ2) is 5.46. The molecule has 0 radical (unpaired) electrons. The number of rotatable bonds is 3. The Morgan fingerprint density at radius 3 is 2.90 bits per heavy atom. The highest BCUT2D eigenvalue weighted by molar-refractivity contribution is 7.15. The van der Waals surface area contributed by atoms with Gasteiger partial charge in [-0.2, -0.15) is 0 Å². The van der Waals surface area contributed by atoms with Gasteiger partial charge in [0, 0.05) is 11.1 Å². The zero-order valence-electron chi connectivity index (χ0n) is 11.5. The molecule has 0 aliphatic heterocycles. The molecule has 108 valence electrons. The number of methoxy groups -OCH3 is 1. The number of pyridine rings is 1. The molecule has 7 heteroatoms. The highest BCUT2D eigenvalue weighted by Gasteiger charge is 2.16. The van der Waals surface area contributed by atoms with Gasteiger partial charge in [-0.3, -0.25) is 4.40 Å². The van der Waals surface area contributed by atoms with Crippen LogP contribution in [0.4, 0.5) is 0 Å². The summed E-state index contributed by atoms with van der Waals surface area (Å²) in [6.45, 7) is 2.10. The van der Waals surface area contributed by atoms with Crippen molar-refractivity contribution < 1.29 is 9.53 Å². The zero-order chi connectivity index (χ0) is 15.0. The molecular weight excluding hydrogens is 310 g/mol. The molecular formula is C14H12ClN3O2S. The highest BCUT2D eigenvalue weighted by Crippen LogP contribution is 2.29. The van der Waals surface area contributed by atoms with E-state index in [1.165, 1.54) is 18.1 Å². The molecule has 0 N–H and O–H groups in total. The number of fused-ring (bicyclic) bond motifs is 1. The maximum Gasteiger partial charge on any atom is 0.339 e. The van der Waals surface area contributed by atoms with Crippen molar-refractivity contribution in [2.45, 2.75) is 13.3 Å². The summed E-state index contributed by atoms with van der Waals surface area (Å²) in [5.74, 6) is 0.223. The van der Waals surface area contributed by atoms with E-state index in [1.54, 1.807) is 21.9 Å². The van der Waals surface area contributed by atoms with Gasteiger partial charge in [0.1, 0.15) is 0 Å². The first-order valence-electron chi connectivity index (χ1n) is 6.35. The molecule has 0 atom stereocenters. The molecule has 3 aromatic heterocycles. The van der Waals surface area contributed by atoms with Crippen LogP contribution in [-0.4, -0.2) is 27.7 Å². The number of esters is 1. The third-order valence-electron chi connectivity index (χ3n) is 3.11. The van der Waals surface area contributed by atoms with Crippen LogP contribution in [0.2, 0.25) is 5.02 Å². The second-order valence-electron chi connectivity index (χ2n) is 4.41. The van der Waals surface area contributed by atoms with Gasteiger partial charge in [-0.25, -0.2) is 4.79 Å². The standard InChI is InChI=1S/C14H12ClN3O2S/c1-3-9-4-5-11(21-9)13-17-16-12-10(15)6-8(7-18(12)13)14(19)20-2/h4-7H,3H2,1-2H3. The van der Waals surface area contributed by atoms with Crippen LogP contribution >= 0.6 is 22.9 Å². The molecule has 0 saturated carbocycles. The van der Waals surface area contributed by atoms with Gasteiger partial charge in [0.2, 0.25) is 0 Å². The lowest BCUT2D eigenvalue weighted by atomic mass is 10.3. The number of halogens is 1. The summed E-state index contributed by atoms with van der Waals surface area (Å²) in [6.07, 6.45) is 2.61. The summed E-state index contributed by atoms with van der Waals surface area (Å²) in [7, 11) is 1.33. The predicted octanol–water partition coefficient (Wildman–Crippen LogP) is 3.46. The van der Waals surface area contributed by atoms with Gasteiger partial charge in [0.25, 0.3) is 0 Å². The quantitative estimate of drug-likeness (QED) is 0.693. The van der Waals surface area contributed by atoms with Crippen molar-refractivity contribution in [3.63, 3.8) is 0 Å². The summed E-state index contributed by atoms with van der Waals surface area (Å²) in [6, 6.07) is 5.60. The van der Waals surface area contributed by atoms with Gasteiger partial charge < -0.3 is 4.74 Å². The van der Waals surface area contributed by atoms with Crippen LogP contribution < -0.4 is 0 Å². The first kappa shape index (κ1) is 14.0. The Morgan fingerprint density at radius 2 is 2.24 bits per heavy atom. The predicted molar refractivity (Wildman–Crippen MR) is 82.0 cm³/mol. The number of hydrogen-bond donors (Lipinski definition) is 0. The molecule has 0 spiro atoms. The van der Waals surface area contributed by atoms with Crippen LogP contribution in [0.15, 0.2) is 24.4 Å². The number of carbonyl (C=O) groups is 1. The Balaban J connectivity index is 2.19. The van der Waals surface area contributed by atoms with Gasteiger partial charge in [-0.05, 0) is 24.6 Å². The van der Waals surface area contributed by atoms with Crippen LogP contribution in [0.1, 0.15) is 22.2 Å². The van der Waals surface area contributed by atoms with Crippen LogP contribution in [0.3, 0.4) is 0 Å². The van der Waals surface area contributed by atoms with Crippen LogP contribution in [-0.2, 0) is 11.2 Å². The molecule has 0 amide bonds. The monoisotopic (exact) mass is 321 g/mol. The molecule has 0 unspecified atom stereocenters. The molecule has 0 aliphatic rings. The van der Waals surface area contributed by atoms with Crippen molar-refractivity contribution in [3.8, 4) is 10.7 Å². The molecule has 5 nitrogen and oxygen atoms in total. The Hall–Kier alpha value is -1.92. The SMILES string of the molecule is CCc1ccc(-c2nnc3c(Cl)cc(C(=O)OC)cn23)s1. The number of thiophene rings is 1. The lowest BCUT2D eigenvalue weighted by Gasteiger charge is -2.03. The van der Waals surface area contributed by atoms with E-state index in [-0.39, 0.29) is 0 Å². The van der Waals surface area contributed by atoms with Crippen molar-refractivity contribution in [1.29, 1.82) is 0 Å². The molecule has 3 heterocycles. The number of nitrogens with zero attached hydrogens (tertiary/aromatic N) is 3. The van der Waals surface area contributed by atoms with Gasteiger partial charge in [-0.1, -0.05) is 18.5 Å². The largest absolute Gasteiger partial charge is 0.465 e. The maximum absolute atomic E-state index is 11.7. The van der Waals surface area contributed by atoms with E-state index in [0.717, 1.165) is 11.3 Å². The summed E-state index contributed by atoms with van der Waals surface area (Å²) >= 11 is 7.82. The first-order valence-corrected chi connectivity index (χ1v) is 7.55. The lowest BCUT2D eigenvalue weighted by molar-refractivity contribution is 0.0600. The van der Waals surface area contributed by atoms with E-state index in [0.29, 0.717) is 22.1 Å². The van der Waals surface area contributed by atoms with Crippen molar-refractivity contribution >= 4 is 34.6 Å². The molecule has 3 aromatic rings. The number of carbonyl (C=O) groups excluding carboxylic acids is 1. The minimum Gasteiger partial charge on any atom is -0.465 e. The fourth-order valence-corrected chi connectivity index (χ4v) is 3.22. The lowest BCUT2D eigenvalue weighted by Crippen LogP contribution is -2.03. The molecule has 0 fully saturated rings. The summed E-state index contributed by atoms with van der Waals surface area (Å²) in [5, 5.41) is 8.64. The summed E-state index contributed by atoms with van der Waals surface area (Å²) in [5.41, 5.74) is 0.883. The van der Waals surface area contributed by atoms with E-state index < -0.39 is 5.97 Å². The average molecular weight is 322 g/mol. The fourth-order valence-electron chi connectivity index (χ4n) is 2.04. The number of ether oxygens (including phenoxy) is 1. The van der Waals surface area contributed by atoms with Gasteiger partial charge >= 0.3 is 5.97 Å². The van der Waals surface area contributed by atoms with Crippen molar-refractivity contribution in [2.24, 2.45) is 0 Å². The van der Waals surface area contributed by atoms with Crippen LogP contribution in [0.5, 0.6) is 0 Å². The Kier molecular flexibility index (Phi) is 3.65. The summed E-state index contributed by atoms with van der Waals surface area (Å²) < 4.78 is 6.46. The second-order valence-corrected chi connectivity index (χ2v) is 5.98. The number of hydrogen-bond acceptors (Lipinski definition) is 5. The number of aryl methyl sites for hydroxylation is 1. The van der Waals surface area contributed by atoms with Crippen molar-refractivity contribution in [2.75, 3.05) is 7.11 Å². The fraction of sp³-hybridized carbons (Fsp3) is 0.214. The smallest absolute Gasteiger partial charge is 0.339 e. The van der Waals surface area contributed by atoms with Gasteiger partial charge in [0.05, 0.1) is 22.6 Å². The molecule has 21 heavy (non-hydrogen) atoms. The van der Waals surface area contributed by atoms with E-state index in [2.05, 4.69) is 23.2 Å². The normalized spacial score (nSPS) is 11.0. The highest BCUT2D eigenvalue weighted by atomic mass is 35.5. The van der Waals surface area contributed by atoms with Crippen molar-refractivity contribution in [3.05, 3.63) is 39.9 Å². The van der Waals surface area contributed by atoms with Crippen molar-refractivity contribution in [1.82, 2.24) is 14.6 Å². The first-order chi connectivity index (χ1) is 10.1. The molecule has 0 saturated heterocycles. The van der Waals surface area contributed by atoms with Crippen LogP contribution in [0.25, 0.3) is 16.3 Å². The average Bonchev–Trinajstić information content (AvgIpc) is 3.12. The van der Waals surface area contributed by atoms with E-state index in [9.17, 15) is 4.79 Å². The maximum atomic E-state index is 11.7. The van der Waals surface area contributed by atoms with E-state index in [1.807, 2.05) is 6.07 Å². The minimum absolute atomic E-state index is 0.364. The van der Waals surface area contributed by atoms with Crippen LogP contribution in [0, 0.1) is 0 Å². The van der Waals surface area contributed by atoms with E-state index in [4.69, 9.17) is 16.3 Å². The third kappa shape index (κ3) is 2.41. The zero-order valence-corrected chi connectivity index (χ0v) is 13.0. The molecule has 3 rings (SSSR count). The minimum atomic E-state index is -0.445. The molecule has 0 aliphatic carbocycles. The Bertz CT molecular complexity index is 825. The van der Waals surface area contributed by atoms with E-state index >= 15 is 0 Å². The molecule has 0 aromatic carbocycles.